The first-order valence-electron chi connectivity index (χ1n) is 9.63. The summed E-state index contributed by atoms with van der Waals surface area (Å²) >= 11 is 0. The highest BCUT2D eigenvalue weighted by atomic mass is 16.1. The van der Waals surface area contributed by atoms with E-state index in [1.165, 1.54) is 5.56 Å². The number of nitrogens with one attached hydrogen (secondary N) is 1. The fourth-order valence-corrected chi connectivity index (χ4v) is 3.43. The van der Waals surface area contributed by atoms with Gasteiger partial charge >= 0.3 is 0 Å². The summed E-state index contributed by atoms with van der Waals surface area (Å²) in [5, 5.41) is 6.23. The smallest absolute Gasteiger partial charge is 0.279 e. The topological polar surface area (TPSA) is 58.6 Å². The number of quaternary nitrogens is 1. The number of rotatable bonds is 7. The quantitative estimate of drug-likeness (QED) is 0.678. The normalized spacial score (nSPS) is 12.1. The average Bonchev–Trinajstić information content (AvgIpc) is 2.69. The molecule has 1 atom stereocenters. The first kappa shape index (κ1) is 19.1. The van der Waals surface area contributed by atoms with E-state index in [0.29, 0.717) is 12.6 Å². The zero-order valence-electron chi connectivity index (χ0n) is 16.3. The highest BCUT2D eigenvalue weighted by Gasteiger charge is 2.15. The number of carbonyl (C=O) groups is 1. The monoisotopic (exact) mass is 362 g/mol. The van der Waals surface area contributed by atoms with Crippen LogP contribution in [0.15, 0.2) is 54.6 Å². The van der Waals surface area contributed by atoms with Crippen LogP contribution in [-0.4, -0.2) is 23.5 Å². The van der Waals surface area contributed by atoms with Crippen LogP contribution in [0.25, 0.3) is 10.9 Å². The van der Waals surface area contributed by atoms with Crippen molar-refractivity contribution in [2.24, 2.45) is 0 Å². The van der Waals surface area contributed by atoms with Crippen molar-refractivity contribution in [1.82, 2.24) is 4.98 Å². The molecule has 3 aromatic rings. The van der Waals surface area contributed by atoms with Crippen LogP contribution in [0.1, 0.15) is 30.7 Å². The standard InChI is InChI=1S/C23H27N3O/c1-4-20-17(3)23(19-12-8-9-13-21(19)25-20)26-22(27)15-24-16(2)14-18-10-6-5-7-11-18/h5-13,16,24H,4,14-15H2,1-3H3,(H,25,26,27)/p+1/t16-/m0/s1. The molecular formula is C23H28N3O+. The van der Waals surface area contributed by atoms with Gasteiger partial charge in [0.05, 0.1) is 17.2 Å². The third kappa shape index (κ3) is 4.72. The van der Waals surface area contributed by atoms with Crippen molar-refractivity contribution >= 4 is 22.5 Å². The molecule has 1 amide bonds. The lowest BCUT2D eigenvalue weighted by Crippen LogP contribution is -2.91. The molecule has 4 nitrogen and oxygen atoms in total. The molecule has 0 saturated heterocycles. The number of anilines is 1. The lowest BCUT2D eigenvalue weighted by atomic mass is 10.1. The number of hydrogen-bond acceptors (Lipinski definition) is 2. The summed E-state index contributed by atoms with van der Waals surface area (Å²) in [7, 11) is 0. The predicted octanol–water partition coefficient (Wildman–Crippen LogP) is 3.24. The van der Waals surface area contributed by atoms with Crippen LogP contribution in [0.3, 0.4) is 0 Å². The second-order valence-electron chi connectivity index (χ2n) is 7.08. The minimum Gasteiger partial charge on any atom is -0.336 e. The predicted molar refractivity (Wildman–Crippen MR) is 111 cm³/mol. The molecule has 0 aliphatic carbocycles. The van der Waals surface area contributed by atoms with E-state index in [-0.39, 0.29) is 5.91 Å². The number of carbonyl (C=O) groups excluding carboxylic acids is 1. The van der Waals surface area contributed by atoms with Gasteiger partial charge in [-0.1, -0.05) is 55.5 Å². The number of fused-ring (bicyclic) bond motifs is 1. The minimum absolute atomic E-state index is 0.0245. The molecule has 0 fully saturated rings. The van der Waals surface area contributed by atoms with Crippen molar-refractivity contribution in [3.8, 4) is 0 Å². The molecule has 2 aromatic carbocycles. The van der Waals surface area contributed by atoms with E-state index in [0.717, 1.165) is 40.7 Å². The number of aryl methyl sites for hydroxylation is 1. The van der Waals surface area contributed by atoms with Crippen LogP contribution in [0.5, 0.6) is 0 Å². The lowest BCUT2D eigenvalue weighted by molar-refractivity contribution is -0.675. The summed E-state index contributed by atoms with van der Waals surface area (Å²) in [6.45, 7) is 6.69. The van der Waals surface area contributed by atoms with Crippen LogP contribution in [-0.2, 0) is 17.6 Å². The number of para-hydroxylation sites is 1. The highest BCUT2D eigenvalue weighted by Crippen LogP contribution is 2.28. The van der Waals surface area contributed by atoms with E-state index < -0.39 is 0 Å². The Morgan fingerprint density at radius 2 is 1.81 bits per heavy atom. The van der Waals surface area contributed by atoms with Crippen molar-refractivity contribution in [3.63, 3.8) is 0 Å². The number of amides is 1. The summed E-state index contributed by atoms with van der Waals surface area (Å²) < 4.78 is 0. The Kier molecular flexibility index (Phi) is 6.20. The van der Waals surface area contributed by atoms with Gasteiger partial charge in [-0.2, -0.15) is 0 Å². The Bertz CT molecular complexity index is 922. The van der Waals surface area contributed by atoms with E-state index in [4.69, 9.17) is 4.98 Å². The maximum absolute atomic E-state index is 12.6. The summed E-state index contributed by atoms with van der Waals surface area (Å²) in [5.41, 5.74) is 5.21. The number of nitrogens with zero attached hydrogens (tertiary/aromatic N) is 1. The molecule has 0 spiro atoms. The molecule has 3 rings (SSSR count). The SMILES string of the molecule is CCc1nc2ccccc2c(NC(=O)C[NH2+][C@@H](C)Cc2ccccc2)c1C. The number of hydrogen-bond donors (Lipinski definition) is 2. The number of benzene rings is 2. The van der Waals surface area contributed by atoms with Crippen LogP contribution in [0.4, 0.5) is 5.69 Å². The zero-order valence-corrected chi connectivity index (χ0v) is 16.3. The van der Waals surface area contributed by atoms with Crippen LogP contribution in [0, 0.1) is 6.92 Å². The molecule has 1 aromatic heterocycles. The van der Waals surface area contributed by atoms with Crippen molar-refractivity contribution in [3.05, 3.63) is 71.4 Å². The summed E-state index contributed by atoms with van der Waals surface area (Å²) in [5.74, 6) is 0.0245. The molecule has 3 N–H and O–H groups in total. The number of aromatic nitrogens is 1. The molecular weight excluding hydrogens is 334 g/mol. The van der Waals surface area contributed by atoms with E-state index in [2.05, 4.69) is 48.7 Å². The molecule has 4 heteroatoms. The van der Waals surface area contributed by atoms with E-state index in [1.807, 2.05) is 37.3 Å². The van der Waals surface area contributed by atoms with Crippen molar-refractivity contribution in [2.45, 2.75) is 39.7 Å². The molecule has 0 unspecified atom stereocenters. The Hall–Kier alpha value is -2.72. The molecule has 0 saturated carbocycles. The van der Waals surface area contributed by atoms with Gasteiger partial charge in [0.25, 0.3) is 5.91 Å². The first-order valence-corrected chi connectivity index (χ1v) is 9.63. The fourth-order valence-electron chi connectivity index (χ4n) is 3.43. The average molecular weight is 362 g/mol. The molecule has 1 heterocycles. The van der Waals surface area contributed by atoms with Gasteiger partial charge in [0.15, 0.2) is 6.54 Å². The first-order chi connectivity index (χ1) is 13.1. The van der Waals surface area contributed by atoms with Gasteiger partial charge in [-0.25, -0.2) is 0 Å². The van der Waals surface area contributed by atoms with Gasteiger partial charge in [0.1, 0.15) is 0 Å². The minimum atomic E-state index is 0.0245. The van der Waals surface area contributed by atoms with Gasteiger partial charge in [-0.15, -0.1) is 0 Å². The van der Waals surface area contributed by atoms with Gasteiger partial charge in [-0.3, -0.25) is 9.78 Å². The van der Waals surface area contributed by atoms with Crippen molar-refractivity contribution in [1.29, 1.82) is 0 Å². The maximum atomic E-state index is 12.6. The number of nitrogens with two attached hydrogens (primary N) is 1. The number of pyridine rings is 1. The molecule has 0 radical (unpaired) electrons. The van der Waals surface area contributed by atoms with E-state index >= 15 is 0 Å². The van der Waals surface area contributed by atoms with Crippen LogP contribution >= 0.6 is 0 Å². The fraction of sp³-hybridized carbons (Fsp3) is 0.304. The highest BCUT2D eigenvalue weighted by molar-refractivity contribution is 6.02. The molecule has 0 bridgehead atoms. The third-order valence-electron chi connectivity index (χ3n) is 4.94. The Morgan fingerprint density at radius 3 is 2.56 bits per heavy atom. The van der Waals surface area contributed by atoms with Crippen molar-refractivity contribution < 1.29 is 10.1 Å². The summed E-state index contributed by atoms with van der Waals surface area (Å²) in [6, 6.07) is 18.7. The molecule has 27 heavy (non-hydrogen) atoms. The Labute approximate surface area is 161 Å². The summed E-state index contributed by atoms with van der Waals surface area (Å²) in [6.07, 6.45) is 1.80. The molecule has 0 aliphatic heterocycles. The Morgan fingerprint density at radius 1 is 1.11 bits per heavy atom. The van der Waals surface area contributed by atoms with Gasteiger partial charge < -0.3 is 10.6 Å². The second-order valence-corrected chi connectivity index (χ2v) is 7.08. The molecule has 140 valence electrons. The maximum Gasteiger partial charge on any atom is 0.279 e. The largest absolute Gasteiger partial charge is 0.336 e. The third-order valence-corrected chi connectivity index (χ3v) is 4.94. The zero-order chi connectivity index (χ0) is 19.2. The van der Waals surface area contributed by atoms with E-state index in [9.17, 15) is 4.79 Å². The van der Waals surface area contributed by atoms with E-state index in [1.54, 1.807) is 0 Å². The van der Waals surface area contributed by atoms with Crippen LogP contribution in [0.2, 0.25) is 0 Å². The second kappa shape index (κ2) is 8.78. The van der Waals surface area contributed by atoms with Gasteiger partial charge in [0, 0.05) is 17.5 Å². The van der Waals surface area contributed by atoms with Gasteiger partial charge in [-0.05, 0) is 37.5 Å². The van der Waals surface area contributed by atoms with Crippen LogP contribution < -0.4 is 10.6 Å². The van der Waals surface area contributed by atoms with Gasteiger partial charge in [0.2, 0.25) is 0 Å². The van der Waals surface area contributed by atoms with Crippen molar-refractivity contribution in [2.75, 3.05) is 11.9 Å². The lowest BCUT2D eigenvalue weighted by Gasteiger charge is -2.15. The Balaban J connectivity index is 1.68. The summed E-state index contributed by atoms with van der Waals surface area (Å²) in [4.78, 5) is 17.3. The molecule has 0 aliphatic rings.